The molecule has 2 nitrogen and oxygen atoms in total. The Morgan fingerprint density at radius 3 is 2.71 bits per heavy atom. The van der Waals surface area contributed by atoms with Crippen molar-refractivity contribution >= 4 is 44.8 Å². The zero-order chi connectivity index (χ0) is 9.54. The summed E-state index contributed by atoms with van der Waals surface area (Å²) in [4.78, 5) is 4.40. The summed E-state index contributed by atoms with van der Waals surface area (Å²) in [5, 5.41) is 1.22. The molecule has 0 unspecified atom stereocenters. The fraction of sp³-hybridized carbons (Fsp3) is 0. The summed E-state index contributed by atoms with van der Waals surface area (Å²) in [6.45, 7) is 0. The second-order valence-electron chi connectivity index (χ2n) is 3.17. The van der Waals surface area contributed by atoms with Crippen LogP contribution < -0.4 is 0 Å². The van der Waals surface area contributed by atoms with Crippen LogP contribution in [0, 0.1) is 0 Å². The van der Waals surface area contributed by atoms with Crippen LogP contribution >= 0.6 is 22.9 Å². The maximum Gasteiger partial charge on any atom is 0.0967 e. The van der Waals surface area contributed by atoms with Gasteiger partial charge in [-0.25, -0.2) is 0 Å². The van der Waals surface area contributed by atoms with Crippen LogP contribution in [0.3, 0.4) is 0 Å². The number of halogens is 1. The number of pyridine rings is 1. The first-order valence-corrected chi connectivity index (χ1v) is 5.35. The van der Waals surface area contributed by atoms with E-state index in [4.69, 9.17) is 0 Å². The maximum atomic E-state index is 4.40. The zero-order valence-electron chi connectivity index (χ0n) is 7.31. The van der Waals surface area contributed by atoms with Gasteiger partial charge in [0.25, 0.3) is 0 Å². The second kappa shape index (κ2) is 2.95. The average Bonchev–Trinajstić information content (AvgIpc) is 2.55. The average molecular weight is 294 g/mol. The predicted octanol–water partition coefficient (Wildman–Crippen LogP) is 3.39. The van der Waals surface area contributed by atoms with Crippen molar-refractivity contribution in [1.29, 1.82) is 0 Å². The highest BCUT2D eigenvalue weighted by molar-refractivity contribution is 14.1. The topological polar surface area (TPSA) is 17.8 Å². The van der Waals surface area contributed by atoms with E-state index in [1.54, 1.807) is 0 Å². The molecule has 3 rings (SSSR count). The lowest BCUT2D eigenvalue weighted by atomic mass is 10.2. The van der Waals surface area contributed by atoms with Crippen LogP contribution in [0.15, 0.2) is 42.6 Å². The van der Waals surface area contributed by atoms with Crippen LogP contribution in [0.5, 0.6) is 0 Å². The number of aromatic nitrogens is 2. The molecule has 0 spiro atoms. The molecule has 0 aliphatic rings. The van der Waals surface area contributed by atoms with Crippen molar-refractivity contribution in [3.63, 3.8) is 0 Å². The minimum Gasteiger partial charge on any atom is -0.280 e. The van der Waals surface area contributed by atoms with Gasteiger partial charge in [-0.05, 0) is 18.2 Å². The molecule has 0 atom stereocenters. The molecule has 0 fully saturated rings. The Labute approximate surface area is 95.1 Å². The lowest BCUT2D eigenvalue weighted by molar-refractivity contribution is 1.41. The molecule has 0 amide bonds. The lowest BCUT2D eigenvalue weighted by Crippen LogP contribution is -1.76. The van der Waals surface area contributed by atoms with Gasteiger partial charge in [-0.1, -0.05) is 18.2 Å². The monoisotopic (exact) mass is 294 g/mol. The molecule has 0 N–H and O–H groups in total. The number of para-hydroxylation sites is 1. The summed E-state index contributed by atoms with van der Waals surface area (Å²) < 4.78 is 2.15. The number of benzene rings is 1. The zero-order valence-corrected chi connectivity index (χ0v) is 9.47. The summed E-state index contributed by atoms with van der Waals surface area (Å²) in [5.74, 6) is 0. The Hall–Kier alpha value is -1.10. The standard InChI is InChI=1S/C11H7IN2/c12-14-9-5-2-1-4-8(9)11-10(14)6-3-7-13-11/h1-7H. The fourth-order valence-electron chi connectivity index (χ4n) is 1.74. The van der Waals surface area contributed by atoms with E-state index < -0.39 is 0 Å². The molecule has 0 aliphatic heterocycles. The van der Waals surface area contributed by atoms with Crippen LogP contribution in [0.25, 0.3) is 21.9 Å². The van der Waals surface area contributed by atoms with E-state index >= 15 is 0 Å². The van der Waals surface area contributed by atoms with E-state index in [0.717, 1.165) is 5.52 Å². The van der Waals surface area contributed by atoms with E-state index in [9.17, 15) is 0 Å². The molecule has 1 aromatic carbocycles. The molecular weight excluding hydrogens is 287 g/mol. The van der Waals surface area contributed by atoms with Gasteiger partial charge in [-0.15, -0.1) is 0 Å². The van der Waals surface area contributed by atoms with Crippen LogP contribution in [0.4, 0.5) is 0 Å². The molecule has 3 aromatic rings. The first-order chi connectivity index (χ1) is 6.88. The number of rotatable bonds is 0. The first kappa shape index (κ1) is 8.23. The highest BCUT2D eigenvalue weighted by atomic mass is 127. The Kier molecular flexibility index (Phi) is 1.73. The lowest BCUT2D eigenvalue weighted by Gasteiger charge is -1.92. The number of nitrogens with zero attached hydrogens (tertiary/aromatic N) is 2. The molecule has 0 saturated carbocycles. The third kappa shape index (κ3) is 0.987. The van der Waals surface area contributed by atoms with Crippen LogP contribution in [0.2, 0.25) is 0 Å². The van der Waals surface area contributed by atoms with E-state index in [1.807, 2.05) is 18.3 Å². The van der Waals surface area contributed by atoms with E-state index in [2.05, 4.69) is 54.9 Å². The molecule has 0 radical (unpaired) electrons. The molecule has 0 saturated heterocycles. The van der Waals surface area contributed by atoms with Crippen LogP contribution in [-0.2, 0) is 0 Å². The molecule has 68 valence electrons. The normalized spacial score (nSPS) is 11.2. The van der Waals surface area contributed by atoms with Gasteiger partial charge in [0.2, 0.25) is 0 Å². The summed E-state index contributed by atoms with van der Waals surface area (Å²) >= 11 is 2.31. The maximum absolute atomic E-state index is 4.40. The van der Waals surface area contributed by atoms with Crippen molar-refractivity contribution in [1.82, 2.24) is 7.76 Å². The van der Waals surface area contributed by atoms with Gasteiger partial charge in [0.05, 0.1) is 39.4 Å². The minimum atomic E-state index is 1.08. The van der Waals surface area contributed by atoms with Crippen LogP contribution in [0.1, 0.15) is 0 Å². The first-order valence-electron chi connectivity index (χ1n) is 4.38. The third-order valence-corrected chi connectivity index (χ3v) is 3.41. The van der Waals surface area contributed by atoms with Crippen LogP contribution in [-0.4, -0.2) is 7.76 Å². The smallest absolute Gasteiger partial charge is 0.0967 e. The van der Waals surface area contributed by atoms with Crippen molar-refractivity contribution in [2.24, 2.45) is 0 Å². The van der Waals surface area contributed by atoms with Gasteiger partial charge in [-0.3, -0.25) is 7.76 Å². The summed E-state index contributed by atoms with van der Waals surface area (Å²) in [5.41, 5.74) is 3.48. The predicted molar refractivity (Wildman–Crippen MR) is 66.7 cm³/mol. The molecule has 2 aromatic heterocycles. The SMILES string of the molecule is In1c2ccccc2c2ncccc21. The van der Waals surface area contributed by atoms with Crippen molar-refractivity contribution < 1.29 is 0 Å². The van der Waals surface area contributed by atoms with Gasteiger partial charge in [0.15, 0.2) is 0 Å². The molecule has 3 heteroatoms. The quantitative estimate of drug-likeness (QED) is 0.581. The number of hydrogen-bond acceptors (Lipinski definition) is 1. The van der Waals surface area contributed by atoms with Crippen molar-refractivity contribution in [3.8, 4) is 0 Å². The van der Waals surface area contributed by atoms with Gasteiger partial charge >= 0.3 is 0 Å². The van der Waals surface area contributed by atoms with Crippen molar-refractivity contribution in [2.75, 3.05) is 0 Å². The Morgan fingerprint density at radius 1 is 1.00 bits per heavy atom. The van der Waals surface area contributed by atoms with E-state index in [0.29, 0.717) is 0 Å². The van der Waals surface area contributed by atoms with Gasteiger partial charge in [-0.2, -0.15) is 0 Å². The third-order valence-electron chi connectivity index (χ3n) is 2.37. The summed E-state index contributed by atoms with van der Waals surface area (Å²) in [6, 6.07) is 12.4. The van der Waals surface area contributed by atoms with E-state index in [1.165, 1.54) is 16.4 Å². The number of fused-ring (bicyclic) bond motifs is 3. The molecular formula is C11H7IN2. The molecule has 0 aliphatic carbocycles. The summed E-state index contributed by atoms with van der Waals surface area (Å²) in [6.07, 6.45) is 1.84. The Balaban J connectivity index is 2.69. The van der Waals surface area contributed by atoms with E-state index in [-0.39, 0.29) is 0 Å². The van der Waals surface area contributed by atoms with Gasteiger partial charge < -0.3 is 0 Å². The Morgan fingerprint density at radius 2 is 1.79 bits per heavy atom. The highest BCUT2D eigenvalue weighted by Crippen LogP contribution is 2.28. The highest BCUT2D eigenvalue weighted by Gasteiger charge is 2.07. The summed E-state index contributed by atoms with van der Waals surface area (Å²) in [7, 11) is 0. The van der Waals surface area contributed by atoms with Crippen molar-refractivity contribution in [3.05, 3.63) is 42.6 Å². The molecule has 2 heterocycles. The number of hydrogen-bond donors (Lipinski definition) is 0. The Bertz CT molecular complexity index is 560. The van der Waals surface area contributed by atoms with Gasteiger partial charge in [0.1, 0.15) is 0 Å². The second-order valence-corrected chi connectivity index (χ2v) is 4.13. The molecule has 14 heavy (non-hydrogen) atoms. The minimum absolute atomic E-state index is 1.08. The van der Waals surface area contributed by atoms with Gasteiger partial charge in [0, 0.05) is 11.6 Å². The van der Waals surface area contributed by atoms with Crippen molar-refractivity contribution in [2.45, 2.75) is 0 Å². The fourth-order valence-corrected chi connectivity index (χ4v) is 2.55. The molecule has 0 bridgehead atoms. The largest absolute Gasteiger partial charge is 0.280 e.